The maximum atomic E-state index is 5.29. The van der Waals surface area contributed by atoms with Crippen LogP contribution in [0.2, 0.25) is 0 Å². The Labute approximate surface area is 88.6 Å². The number of hydrogen-bond donors (Lipinski definition) is 0. The largest absolute Gasteiger partial charge is 0.444 e. The average molecular weight is 204 g/mol. The minimum atomic E-state index is 0.628. The summed E-state index contributed by atoms with van der Waals surface area (Å²) in [6.07, 6.45) is 6.44. The van der Waals surface area contributed by atoms with Crippen LogP contribution in [0.5, 0.6) is 0 Å². The molecule has 0 spiro atoms. The maximum Gasteiger partial charge on any atom is 0.228 e. The first-order valence-electron chi connectivity index (χ1n) is 5.08. The van der Waals surface area contributed by atoms with Crippen LogP contribution in [0, 0.1) is 6.92 Å². The highest BCUT2D eigenvalue weighted by molar-refractivity contribution is 5.49. The van der Waals surface area contributed by atoms with Crippen LogP contribution >= 0.6 is 0 Å². The van der Waals surface area contributed by atoms with E-state index in [4.69, 9.17) is 4.42 Å². The molecule has 0 bridgehead atoms. The van der Waals surface area contributed by atoms with Gasteiger partial charge in [0, 0.05) is 12.5 Å². The van der Waals surface area contributed by atoms with Gasteiger partial charge in [-0.15, -0.1) is 0 Å². The molecular formula is C11H14N3O+. The van der Waals surface area contributed by atoms with Gasteiger partial charge in [0.05, 0.1) is 11.3 Å². The van der Waals surface area contributed by atoms with E-state index in [-0.39, 0.29) is 0 Å². The Balaban J connectivity index is 2.23. The van der Waals surface area contributed by atoms with E-state index in [0.29, 0.717) is 5.89 Å². The van der Waals surface area contributed by atoms with Crippen LogP contribution in [0.3, 0.4) is 0 Å². The molecule has 0 amide bonds. The summed E-state index contributed by atoms with van der Waals surface area (Å²) < 4.78 is 7.19. The minimum absolute atomic E-state index is 0.628. The van der Waals surface area contributed by atoms with Gasteiger partial charge in [-0.3, -0.25) is 0 Å². The maximum absolute atomic E-state index is 5.29. The number of hydrogen-bond acceptors (Lipinski definition) is 3. The molecule has 0 aliphatic rings. The Kier molecular flexibility index (Phi) is 2.76. The van der Waals surface area contributed by atoms with Crippen LogP contribution in [0.15, 0.2) is 29.1 Å². The summed E-state index contributed by atoms with van der Waals surface area (Å²) in [5.41, 5.74) is 1.80. The molecule has 2 aromatic rings. The molecule has 0 aliphatic heterocycles. The smallest absolute Gasteiger partial charge is 0.228 e. The van der Waals surface area contributed by atoms with Crippen molar-refractivity contribution in [3.63, 3.8) is 0 Å². The van der Waals surface area contributed by atoms with Gasteiger partial charge in [0.2, 0.25) is 5.89 Å². The van der Waals surface area contributed by atoms with Gasteiger partial charge in [0.1, 0.15) is 12.5 Å². The highest BCUT2D eigenvalue weighted by atomic mass is 16.3. The van der Waals surface area contributed by atoms with Gasteiger partial charge >= 0.3 is 0 Å². The monoisotopic (exact) mass is 204 g/mol. The Morgan fingerprint density at radius 3 is 2.87 bits per heavy atom. The van der Waals surface area contributed by atoms with Gasteiger partial charge in [-0.2, -0.15) is 0 Å². The molecule has 0 aromatic carbocycles. The van der Waals surface area contributed by atoms with E-state index >= 15 is 0 Å². The fourth-order valence-electron chi connectivity index (χ4n) is 1.36. The van der Waals surface area contributed by atoms with E-state index in [2.05, 4.69) is 17.0 Å². The molecule has 15 heavy (non-hydrogen) atoms. The zero-order valence-electron chi connectivity index (χ0n) is 8.97. The SMILES string of the molecule is CCC[n+]1ccc(-c2nc(C)co2)cn1. The Morgan fingerprint density at radius 1 is 1.47 bits per heavy atom. The average Bonchev–Trinajstić information content (AvgIpc) is 2.67. The molecule has 0 saturated carbocycles. The van der Waals surface area contributed by atoms with E-state index in [1.165, 1.54) is 0 Å². The van der Waals surface area contributed by atoms with Gasteiger partial charge in [-0.25, -0.2) is 4.98 Å². The first-order chi connectivity index (χ1) is 7.29. The second-order valence-corrected chi connectivity index (χ2v) is 3.47. The summed E-state index contributed by atoms with van der Waals surface area (Å²) in [5, 5.41) is 4.27. The fourth-order valence-corrected chi connectivity index (χ4v) is 1.36. The van der Waals surface area contributed by atoms with E-state index in [1.54, 1.807) is 12.5 Å². The van der Waals surface area contributed by atoms with Crippen molar-refractivity contribution in [1.82, 2.24) is 10.1 Å². The Bertz CT molecular complexity index is 433. The molecule has 0 radical (unpaired) electrons. The van der Waals surface area contributed by atoms with Crippen LogP contribution < -0.4 is 4.68 Å². The third kappa shape index (κ3) is 2.21. The van der Waals surface area contributed by atoms with Gasteiger partial charge in [0.15, 0.2) is 12.7 Å². The minimum Gasteiger partial charge on any atom is -0.444 e. The Hall–Kier alpha value is -1.71. The van der Waals surface area contributed by atoms with Crippen LogP contribution in [-0.2, 0) is 6.54 Å². The van der Waals surface area contributed by atoms with Crippen LogP contribution in [0.25, 0.3) is 11.5 Å². The van der Waals surface area contributed by atoms with Crippen molar-refractivity contribution in [2.24, 2.45) is 0 Å². The first-order valence-corrected chi connectivity index (χ1v) is 5.08. The van der Waals surface area contributed by atoms with Crippen molar-refractivity contribution in [2.45, 2.75) is 26.8 Å². The van der Waals surface area contributed by atoms with Crippen molar-refractivity contribution < 1.29 is 9.10 Å². The predicted molar refractivity (Wildman–Crippen MR) is 55.0 cm³/mol. The highest BCUT2D eigenvalue weighted by Gasteiger charge is 2.07. The molecular weight excluding hydrogens is 190 g/mol. The Morgan fingerprint density at radius 2 is 2.33 bits per heavy atom. The van der Waals surface area contributed by atoms with E-state index in [0.717, 1.165) is 24.2 Å². The van der Waals surface area contributed by atoms with E-state index in [1.807, 2.05) is 23.9 Å². The van der Waals surface area contributed by atoms with Crippen LogP contribution in [-0.4, -0.2) is 10.1 Å². The zero-order chi connectivity index (χ0) is 10.7. The second kappa shape index (κ2) is 4.21. The third-order valence-corrected chi connectivity index (χ3v) is 2.09. The highest BCUT2D eigenvalue weighted by Crippen LogP contribution is 2.15. The molecule has 0 fully saturated rings. The molecule has 78 valence electrons. The normalized spacial score (nSPS) is 10.5. The van der Waals surface area contributed by atoms with Crippen molar-refractivity contribution in [1.29, 1.82) is 0 Å². The van der Waals surface area contributed by atoms with Crippen molar-refractivity contribution in [2.75, 3.05) is 0 Å². The number of oxazole rings is 1. The third-order valence-electron chi connectivity index (χ3n) is 2.09. The molecule has 4 nitrogen and oxygen atoms in total. The lowest BCUT2D eigenvalue weighted by Gasteiger charge is -1.93. The summed E-state index contributed by atoms with van der Waals surface area (Å²) in [6.45, 7) is 4.96. The van der Waals surface area contributed by atoms with E-state index in [9.17, 15) is 0 Å². The summed E-state index contributed by atoms with van der Waals surface area (Å²) in [4.78, 5) is 4.24. The number of rotatable bonds is 3. The fraction of sp³-hybridized carbons (Fsp3) is 0.364. The van der Waals surface area contributed by atoms with Gasteiger partial charge in [0.25, 0.3) is 0 Å². The quantitative estimate of drug-likeness (QED) is 0.715. The summed E-state index contributed by atoms with van der Waals surface area (Å²) >= 11 is 0. The molecule has 2 heterocycles. The molecule has 2 aromatic heterocycles. The lowest BCUT2D eigenvalue weighted by molar-refractivity contribution is -0.753. The lowest BCUT2D eigenvalue weighted by Crippen LogP contribution is -2.36. The standard InChI is InChI=1S/C11H14N3O/c1-3-5-14-6-4-10(7-12-14)11-13-9(2)8-15-11/h4,6-8H,3,5H2,1-2H3/q+1. The molecule has 0 N–H and O–H groups in total. The molecule has 0 unspecified atom stereocenters. The number of aromatic nitrogens is 3. The predicted octanol–water partition coefficient (Wildman–Crippen LogP) is 1.74. The van der Waals surface area contributed by atoms with Crippen molar-refractivity contribution in [3.8, 4) is 11.5 Å². The zero-order valence-corrected chi connectivity index (χ0v) is 8.97. The first kappa shape index (κ1) is 9.83. The van der Waals surface area contributed by atoms with Crippen molar-refractivity contribution >= 4 is 0 Å². The lowest BCUT2D eigenvalue weighted by atomic mass is 10.3. The summed E-state index contributed by atoms with van der Waals surface area (Å²) in [5.74, 6) is 0.628. The van der Waals surface area contributed by atoms with Crippen LogP contribution in [0.4, 0.5) is 0 Å². The van der Waals surface area contributed by atoms with Gasteiger partial charge < -0.3 is 4.42 Å². The van der Waals surface area contributed by atoms with Gasteiger partial charge in [-0.05, 0) is 12.0 Å². The number of nitrogens with zero attached hydrogens (tertiary/aromatic N) is 3. The number of aryl methyl sites for hydroxylation is 2. The summed E-state index contributed by atoms with van der Waals surface area (Å²) in [6, 6.07) is 1.97. The van der Waals surface area contributed by atoms with E-state index < -0.39 is 0 Å². The molecule has 0 saturated heterocycles. The molecule has 4 heteroatoms. The summed E-state index contributed by atoms with van der Waals surface area (Å²) in [7, 11) is 0. The topological polar surface area (TPSA) is 42.8 Å². The molecule has 2 rings (SSSR count). The van der Waals surface area contributed by atoms with Gasteiger partial charge in [-0.1, -0.05) is 11.6 Å². The second-order valence-electron chi connectivity index (χ2n) is 3.47. The van der Waals surface area contributed by atoms with Crippen molar-refractivity contribution in [3.05, 3.63) is 30.4 Å². The molecule has 0 aliphatic carbocycles. The molecule has 0 atom stereocenters. The van der Waals surface area contributed by atoms with Crippen LogP contribution in [0.1, 0.15) is 19.0 Å².